The topological polar surface area (TPSA) is 20.2 Å². The molecule has 0 aromatic heterocycles. The second kappa shape index (κ2) is 5.83. The zero-order valence-corrected chi connectivity index (χ0v) is 12.0. The van der Waals surface area contributed by atoms with Crippen LogP contribution in [0.25, 0.3) is 0 Å². The van der Waals surface area contributed by atoms with Gasteiger partial charge in [-0.15, -0.1) is 6.58 Å². The van der Waals surface area contributed by atoms with Crippen LogP contribution in [-0.2, 0) is 0 Å². The summed E-state index contributed by atoms with van der Waals surface area (Å²) in [6.07, 6.45) is 8.29. The maximum atomic E-state index is 9.44. The first-order chi connectivity index (χ1) is 7.46. The van der Waals surface area contributed by atoms with Crippen LogP contribution in [0.4, 0.5) is 0 Å². The Morgan fingerprint density at radius 1 is 1.31 bits per heavy atom. The number of aliphatic hydroxyl groups excluding tert-OH is 1. The molecule has 0 heterocycles. The minimum atomic E-state index is -1.10. The number of rotatable bonds is 5. The Kier molecular flexibility index (Phi) is 5.00. The predicted molar refractivity (Wildman–Crippen MR) is 74.3 cm³/mol. The lowest BCUT2D eigenvalue weighted by Gasteiger charge is -2.20. The number of aliphatic hydroxyl groups is 1. The summed E-state index contributed by atoms with van der Waals surface area (Å²) in [6.45, 7) is 11.2. The van der Waals surface area contributed by atoms with Crippen molar-refractivity contribution in [3.8, 4) is 0 Å². The Bertz CT molecular complexity index is 262. The molecule has 2 heteroatoms. The lowest BCUT2D eigenvalue weighted by Crippen LogP contribution is -2.21. The highest BCUT2D eigenvalue weighted by Gasteiger charge is 2.24. The first kappa shape index (κ1) is 13.7. The monoisotopic (exact) mass is 238 g/mol. The van der Waals surface area contributed by atoms with Gasteiger partial charge in [0, 0.05) is 8.07 Å². The second-order valence-corrected chi connectivity index (χ2v) is 11.7. The molecule has 2 atom stereocenters. The highest BCUT2D eigenvalue weighted by molar-refractivity contribution is 6.76. The molecule has 1 rings (SSSR count). The van der Waals surface area contributed by atoms with Crippen LogP contribution in [0.15, 0.2) is 24.3 Å². The standard InChI is InChI=1S/C14H26OSi/c1-5-13-7-6-8-14(13)9-12(10-15)11-16(2,3)4/h5,9,13-15H,1,6-8,10-11H2,2-4H3/b12-9+. The summed E-state index contributed by atoms with van der Waals surface area (Å²) in [5.41, 5.74) is 1.26. The van der Waals surface area contributed by atoms with E-state index in [-0.39, 0.29) is 6.61 Å². The molecule has 0 spiro atoms. The van der Waals surface area contributed by atoms with Crippen LogP contribution in [0.2, 0.25) is 25.7 Å². The van der Waals surface area contributed by atoms with Crippen molar-refractivity contribution in [1.29, 1.82) is 0 Å². The van der Waals surface area contributed by atoms with Crippen LogP contribution in [0.3, 0.4) is 0 Å². The van der Waals surface area contributed by atoms with E-state index >= 15 is 0 Å². The van der Waals surface area contributed by atoms with Crippen molar-refractivity contribution < 1.29 is 5.11 Å². The molecule has 0 amide bonds. The minimum absolute atomic E-state index is 0.241. The summed E-state index contributed by atoms with van der Waals surface area (Å²) < 4.78 is 0. The van der Waals surface area contributed by atoms with Crippen molar-refractivity contribution >= 4 is 8.07 Å². The molecule has 0 radical (unpaired) electrons. The SMILES string of the molecule is C=CC1CCCC1/C=C(\CO)C[Si](C)(C)C. The minimum Gasteiger partial charge on any atom is -0.392 e. The van der Waals surface area contributed by atoms with Gasteiger partial charge in [0.15, 0.2) is 0 Å². The van der Waals surface area contributed by atoms with Crippen molar-refractivity contribution in [3.63, 3.8) is 0 Å². The van der Waals surface area contributed by atoms with Gasteiger partial charge in [0.1, 0.15) is 0 Å². The molecule has 16 heavy (non-hydrogen) atoms. The molecule has 0 bridgehead atoms. The molecule has 1 aliphatic rings. The smallest absolute Gasteiger partial charge is 0.0639 e. The Balaban J connectivity index is 2.67. The maximum absolute atomic E-state index is 9.44. The van der Waals surface area contributed by atoms with Gasteiger partial charge >= 0.3 is 0 Å². The number of allylic oxidation sites excluding steroid dienone is 2. The van der Waals surface area contributed by atoms with E-state index in [4.69, 9.17) is 0 Å². The first-order valence-electron chi connectivity index (χ1n) is 6.39. The van der Waals surface area contributed by atoms with Crippen molar-refractivity contribution in [1.82, 2.24) is 0 Å². The normalized spacial score (nSPS) is 27.1. The van der Waals surface area contributed by atoms with Gasteiger partial charge in [-0.2, -0.15) is 0 Å². The zero-order valence-electron chi connectivity index (χ0n) is 11.0. The van der Waals surface area contributed by atoms with E-state index in [0.717, 1.165) is 6.04 Å². The molecule has 0 aromatic rings. The summed E-state index contributed by atoms with van der Waals surface area (Å²) in [6, 6.07) is 1.13. The fourth-order valence-electron chi connectivity index (χ4n) is 2.67. The van der Waals surface area contributed by atoms with E-state index in [1.807, 2.05) is 0 Å². The van der Waals surface area contributed by atoms with Gasteiger partial charge in [-0.1, -0.05) is 43.8 Å². The Labute approximate surface area is 101 Å². The summed E-state index contributed by atoms with van der Waals surface area (Å²) in [7, 11) is -1.10. The molecule has 2 unspecified atom stereocenters. The molecule has 0 saturated heterocycles. The molecule has 0 aromatic carbocycles. The molecule has 92 valence electrons. The second-order valence-electron chi connectivity index (χ2n) is 6.21. The van der Waals surface area contributed by atoms with Crippen LogP contribution < -0.4 is 0 Å². The third-order valence-electron chi connectivity index (χ3n) is 3.34. The quantitative estimate of drug-likeness (QED) is 0.570. The number of hydrogen-bond acceptors (Lipinski definition) is 1. The molecule has 1 N–H and O–H groups in total. The van der Waals surface area contributed by atoms with E-state index in [1.54, 1.807) is 0 Å². The van der Waals surface area contributed by atoms with Crippen molar-refractivity contribution in [2.24, 2.45) is 11.8 Å². The summed E-state index contributed by atoms with van der Waals surface area (Å²) in [5.74, 6) is 1.28. The van der Waals surface area contributed by atoms with Crippen molar-refractivity contribution in [2.75, 3.05) is 6.61 Å². The average molecular weight is 238 g/mol. The van der Waals surface area contributed by atoms with Crippen LogP contribution in [-0.4, -0.2) is 19.8 Å². The van der Waals surface area contributed by atoms with E-state index in [9.17, 15) is 5.11 Å². The molecular formula is C14H26OSi. The van der Waals surface area contributed by atoms with Gasteiger partial charge in [0.2, 0.25) is 0 Å². The molecule has 0 aliphatic heterocycles. The average Bonchev–Trinajstić information content (AvgIpc) is 2.62. The van der Waals surface area contributed by atoms with Gasteiger partial charge in [-0.05, 0) is 30.7 Å². The van der Waals surface area contributed by atoms with E-state index in [2.05, 4.69) is 38.4 Å². The van der Waals surface area contributed by atoms with E-state index in [0.29, 0.717) is 11.8 Å². The fourth-order valence-corrected chi connectivity index (χ4v) is 4.26. The highest BCUT2D eigenvalue weighted by Crippen LogP contribution is 2.34. The summed E-state index contributed by atoms with van der Waals surface area (Å²) in [5, 5.41) is 9.44. The van der Waals surface area contributed by atoms with Gasteiger partial charge in [0.05, 0.1) is 6.61 Å². The van der Waals surface area contributed by atoms with Crippen LogP contribution in [0, 0.1) is 11.8 Å². The molecule has 1 fully saturated rings. The van der Waals surface area contributed by atoms with Crippen LogP contribution >= 0.6 is 0 Å². The molecule has 1 aliphatic carbocycles. The largest absolute Gasteiger partial charge is 0.392 e. The van der Waals surface area contributed by atoms with Gasteiger partial charge < -0.3 is 5.11 Å². The third kappa shape index (κ3) is 4.26. The van der Waals surface area contributed by atoms with Gasteiger partial charge in [0.25, 0.3) is 0 Å². The summed E-state index contributed by atoms with van der Waals surface area (Å²) >= 11 is 0. The Hall–Kier alpha value is -0.343. The van der Waals surface area contributed by atoms with E-state index in [1.165, 1.54) is 24.8 Å². The zero-order chi connectivity index (χ0) is 12.2. The molecule has 1 saturated carbocycles. The van der Waals surface area contributed by atoms with Crippen LogP contribution in [0.1, 0.15) is 19.3 Å². The Morgan fingerprint density at radius 3 is 2.44 bits per heavy atom. The lowest BCUT2D eigenvalue weighted by molar-refractivity contribution is 0.329. The maximum Gasteiger partial charge on any atom is 0.0639 e. The fraction of sp³-hybridized carbons (Fsp3) is 0.714. The van der Waals surface area contributed by atoms with Gasteiger partial charge in [-0.25, -0.2) is 0 Å². The summed E-state index contributed by atoms with van der Waals surface area (Å²) in [4.78, 5) is 0. The van der Waals surface area contributed by atoms with E-state index < -0.39 is 8.07 Å². The predicted octanol–water partition coefficient (Wildman–Crippen LogP) is 3.85. The third-order valence-corrected chi connectivity index (χ3v) is 4.85. The number of hydrogen-bond donors (Lipinski definition) is 1. The van der Waals surface area contributed by atoms with Crippen molar-refractivity contribution in [3.05, 3.63) is 24.3 Å². The molecular weight excluding hydrogens is 212 g/mol. The highest BCUT2D eigenvalue weighted by atomic mass is 28.3. The molecule has 1 nitrogen and oxygen atoms in total. The Morgan fingerprint density at radius 2 is 1.94 bits per heavy atom. The van der Waals surface area contributed by atoms with Gasteiger partial charge in [-0.3, -0.25) is 0 Å². The van der Waals surface area contributed by atoms with Crippen molar-refractivity contribution in [2.45, 2.75) is 44.9 Å². The first-order valence-corrected chi connectivity index (χ1v) is 10.1. The van der Waals surface area contributed by atoms with Crippen LogP contribution in [0.5, 0.6) is 0 Å². The lowest BCUT2D eigenvalue weighted by atomic mass is 9.94.